The molecule has 1 amide bonds. The fourth-order valence-electron chi connectivity index (χ4n) is 3.20. The Balaban J connectivity index is 1.44. The fraction of sp³-hybridized carbons (Fsp3) is 0.300. The summed E-state index contributed by atoms with van der Waals surface area (Å²) in [5, 5.41) is 24.7. The number of hydrazone groups is 1. The number of hydrogen-bond acceptors (Lipinski definition) is 7. The molecular weight excluding hydrogens is 410 g/mol. The molecule has 3 rings (SSSR count). The highest BCUT2D eigenvalue weighted by atomic mass is 35.5. The van der Waals surface area contributed by atoms with E-state index in [1.54, 1.807) is 0 Å². The minimum absolute atomic E-state index is 0.0477. The second-order valence-corrected chi connectivity index (χ2v) is 7.26. The fourth-order valence-corrected chi connectivity index (χ4v) is 3.42. The van der Waals surface area contributed by atoms with Crippen molar-refractivity contribution in [2.24, 2.45) is 5.10 Å². The molecule has 1 fully saturated rings. The molecule has 0 aliphatic carbocycles. The first-order valence-corrected chi connectivity index (χ1v) is 9.83. The largest absolute Gasteiger partial charge is 0.502 e. The van der Waals surface area contributed by atoms with Crippen LogP contribution in [-0.4, -0.2) is 59.8 Å². The Morgan fingerprint density at radius 1 is 1.23 bits per heavy atom. The first-order valence-electron chi connectivity index (χ1n) is 9.45. The van der Waals surface area contributed by atoms with Crippen LogP contribution in [0, 0.1) is 10.1 Å². The number of phenols is 1. The number of aromatic hydroxyl groups is 1. The SMILES string of the molecule is O=C(CCN1CCN(c2ccccc2)CC1)N/N=C\c1cc(Cl)cc([N+](=O)[O-])c1O. The molecule has 1 aliphatic rings. The summed E-state index contributed by atoms with van der Waals surface area (Å²) < 4.78 is 0. The van der Waals surface area contributed by atoms with E-state index in [0.717, 1.165) is 38.5 Å². The number of benzene rings is 2. The maximum Gasteiger partial charge on any atom is 0.312 e. The Hall–Kier alpha value is -3.17. The Morgan fingerprint density at radius 3 is 2.60 bits per heavy atom. The number of nitro benzene ring substituents is 1. The number of nitrogens with zero attached hydrogens (tertiary/aromatic N) is 4. The van der Waals surface area contributed by atoms with E-state index in [4.69, 9.17) is 11.6 Å². The van der Waals surface area contributed by atoms with Crippen molar-refractivity contribution in [3.8, 4) is 5.75 Å². The van der Waals surface area contributed by atoms with E-state index in [1.165, 1.54) is 11.8 Å². The smallest absolute Gasteiger partial charge is 0.312 e. The quantitative estimate of drug-likeness (QED) is 0.396. The van der Waals surface area contributed by atoms with Crippen LogP contribution in [0.25, 0.3) is 0 Å². The normalized spacial score (nSPS) is 14.8. The summed E-state index contributed by atoms with van der Waals surface area (Å²) >= 11 is 5.82. The summed E-state index contributed by atoms with van der Waals surface area (Å²) in [4.78, 5) is 26.7. The summed E-state index contributed by atoms with van der Waals surface area (Å²) in [6, 6.07) is 12.6. The van der Waals surface area contributed by atoms with Crippen LogP contribution < -0.4 is 10.3 Å². The van der Waals surface area contributed by atoms with Crippen LogP contribution >= 0.6 is 11.6 Å². The maximum absolute atomic E-state index is 12.0. The number of phenolic OH excluding ortho intramolecular Hbond substituents is 1. The van der Waals surface area contributed by atoms with Gasteiger partial charge >= 0.3 is 5.69 Å². The predicted octanol–water partition coefficient (Wildman–Crippen LogP) is 2.62. The Morgan fingerprint density at radius 2 is 1.93 bits per heavy atom. The molecule has 2 aromatic rings. The minimum atomic E-state index is -0.741. The molecular formula is C20H22ClN5O4. The number of hydrogen-bond donors (Lipinski definition) is 2. The van der Waals surface area contributed by atoms with Gasteiger partial charge in [0.1, 0.15) is 0 Å². The molecule has 2 aromatic carbocycles. The van der Waals surface area contributed by atoms with Crippen LogP contribution in [-0.2, 0) is 4.79 Å². The molecule has 1 aliphatic heterocycles. The highest BCUT2D eigenvalue weighted by Gasteiger charge is 2.19. The topological polar surface area (TPSA) is 111 Å². The average molecular weight is 432 g/mol. The van der Waals surface area contributed by atoms with Gasteiger partial charge in [-0.05, 0) is 18.2 Å². The molecule has 0 atom stereocenters. The highest BCUT2D eigenvalue weighted by molar-refractivity contribution is 6.31. The lowest BCUT2D eigenvalue weighted by atomic mass is 10.2. The zero-order chi connectivity index (χ0) is 21.5. The van der Waals surface area contributed by atoms with E-state index < -0.39 is 16.4 Å². The molecule has 158 valence electrons. The first kappa shape index (κ1) is 21.5. The molecule has 0 radical (unpaired) electrons. The number of piperazine rings is 1. The van der Waals surface area contributed by atoms with Crippen LogP contribution in [0.3, 0.4) is 0 Å². The van der Waals surface area contributed by atoms with Gasteiger partial charge in [-0.25, -0.2) is 5.43 Å². The van der Waals surface area contributed by atoms with Gasteiger partial charge in [0.15, 0.2) is 0 Å². The standard InChI is InChI=1S/C20H22ClN5O4/c21-16-12-15(20(28)18(13-16)26(29)30)14-22-23-19(27)6-7-24-8-10-25(11-9-24)17-4-2-1-3-5-17/h1-5,12-14,28H,6-11H2,(H,23,27)/b22-14-. The first-order chi connectivity index (χ1) is 14.4. The number of rotatable bonds is 7. The van der Waals surface area contributed by atoms with Crippen molar-refractivity contribution < 1.29 is 14.8 Å². The summed E-state index contributed by atoms with van der Waals surface area (Å²) in [6.07, 6.45) is 1.40. The van der Waals surface area contributed by atoms with Gasteiger partial charge in [-0.15, -0.1) is 0 Å². The zero-order valence-electron chi connectivity index (χ0n) is 16.2. The molecule has 9 nitrogen and oxygen atoms in total. The molecule has 30 heavy (non-hydrogen) atoms. The number of para-hydroxylation sites is 1. The molecule has 0 spiro atoms. The lowest BCUT2D eigenvalue weighted by Gasteiger charge is -2.36. The molecule has 0 unspecified atom stereocenters. The molecule has 0 bridgehead atoms. The predicted molar refractivity (Wildman–Crippen MR) is 115 cm³/mol. The van der Waals surface area contributed by atoms with Gasteiger partial charge < -0.3 is 10.0 Å². The van der Waals surface area contributed by atoms with Crippen molar-refractivity contribution in [1.29, 1.82) is 0 Å². The van der Waals surface area contributed by atoms with Gasteiger partial charge in [0, 0.05) is 61.5 Å². The average Bonchev–Trinajstić information content (AvgIpc) is 2.75. The van der Waals surface area contributed by atoms with Crippen LogP contribution in [0.2, 0.25) is 5.02 Å². The van der Waals surface area contributed by atoms with Crippen LogP contribution in [0.5, 0.6) is 5.75 Å². The van der Waals surface area contributed by atoms with Gasteiger partial charge in [0.2, 0.25) is 11.7 Å². The maximum atomic E-state index is 12.0. The lowest BCUT2D eigenvalue weighted by Crippen LogP contribution is -2.47. The summed E-state index contributed by atoms with van der Waals surface area (Å²) in [7, 11) is 0. The van der Waals surface area contributed by atoms with Crippen molar-refractivity contribution in [3.63, 3.8) is 0 Å². The molecule has 0 saturated carbocycles. The van der Waals surface area contributed by atoms with Crippen LogP contribution in [0.4, 0.5) is 11.4 Å². The van der Waals surface area contributed by atoms with E-state index >= 15 is 0 Å². The minimum Gasteiger partial charge on any atom is -0.502 e. The molecule has 2 N–H and O–H groups in total. The van der Waals surface area contributed by atoms with Gasteiger partial charge in [-0.2, -0.15) is 5.10 Å². The van der Waals surface area contributed by atoms with E-state index in [0.29, 0.717) is 6.54 Å². The Bertz CT molecular complexity index is 930. The van der Waals surface area contributed by atoms with Crippen LogP contribution in [0.1, 0.15) is 12.0 Å². The number of nitro groups is 1. The molecule has 0 aromatic heterocycles. The van der Waals surface area contributed by atoms with E-state index in [-0.39, 0.29) is 22.9 Å². The van der Waals surface area contributed by atoms with Gasteiger partial charge in [-0.1, -0.05) is 29.8 Å². The number of anilines is 1. The molecule has 1 saturated heterocycles. The number of carbonyl (C=O) groups excluding carboxylic acids is 1. The second kappa shape index (κ2) is 10.0. The van der Waals surface area contributed by atoms with Crippen molar-refractivity contribution in [3.05, 3.63) is 63.2 Å². The van der Waals surface area contributed by atoms with E-state index in [2.05, 4.69) is 32.5 Å². The number of carbonyl (C=O) groups is 1. The third-order valence-electron chi connectivity index (χ3n) is 4.82. The summed E-state index contributed by atoms with van der Waals surface area (Å²) in [6.45, 7) is 4.14. The number of halogens is 1. The van der Waals surface area contributed by atoms with Crippen LogP contribution in [0.15, 0.2) is 47.6 Å². The Kier molecular flexibility index (Phi) is 7.21. The van der Waals surface area contributed by atoms with Gasteiger partial charge in [0.05, 0.1) is 11.1 Å². The molecule has 10 heteroatoms. The number of nitrogens with one attached hydrogen (secondary N) is 1. The van der Waals surface area contributed by atoms with Gasteiger partial charge in [-0.3, -0.25) is 19.8 Å². The number of amides is 1. The monoisotopic (exact) mass is 431 g/mol. The zero-order valence-corrected chi connectivity index (χ0v) is 17.0. The summed E-state index contributed by atoms with van der Waals surface area (Å²) in [5.41, 5.74) is 3.10. The van der Waals surface area contributed by atoms with Crippen molar-refractivity contribution >= 4 is 35.1 Å². The van der Waals surface area contributed by atoms with Crippen molar-refractivity contribution in [2.75, 3.05) is 37.6 Å². The van der Waals surface area contributed by atoms with E-state index in [1.807, 2.05) is 18.2 Å². The molecule has 1 heterocycles. The second-order valence-electron chi connectivity index (χ2n) is 6.83. The lowest BCUT2D eigenvalue weighted by molar-refractivity contribution is -0.385. The van der Waals surface area contributed by atoms with Crippen molar-refractivity contribution in [1.82, 2.24) is 10.3 Å². The summed E-state index contributed by atoms with van der Waals surface area (Å²) in [5.74, 6) is -0.841. The Labute approximate surface area is 178 Å². The van der Waals surface area contributed by atoms with Gasteiger partial charge in [0.25, 0.3) is 0 Å². The van der Waals surface area contributed by atoms with Crippen molar-refractivity contribution in [2.45, 2.75) is 6.42 Å². The third kappa shape index (κ3) is 5.68. The third-order valence-corrected chi connectivity index (χ3v) is 5.04. The highest BCUT2D eigenvalue weighted by Crippen LogP contribution is 2.32. The van der Waals surface area contributed by atoms with E-state index in [9.17, 15) is 20.0 Å².